The minimum Gasteiger partial charge on any atom is -0.312 e. The zero-order valence-corrected chi connectivity index (χ0v) is 11.2. The van der Waals surface area contributed by atoms with Gasteiger partial charge in [-0.15, -0.1) is 11.3 Å². The minimum absolute atomic E-state index is 0.201. The lowest BCUT2D eigenvalue weighted by molar-refractivity contribution is 0.102. The van der Waals surface area contributed by atoms with E-state index in [9.17, 15) is 4.79 Å². The third kappa shape index (κ3) is 2.49. The summed E-state index contributed by atoms with van der Waals surface area (Å²) in [6.45, 7) is 0. The standard InChI is InChI=1S/C12H6Cl2N2OS/c13-9-3-1-2-8(10(9)14)11(17)16-12-7(6-15)4-5-18-12/h1-5H,(H,16,17). The second kappa shape index (κ2) is 5.40. The monoisotopic (exact) mass is 296 g/mol. The summed E-state index contributed by atoms with van der Waals surface area (Å²) in [5, 5.41) is 14.2. The van der Waals surface area contributed by atoms with Gasteiger partial charge in [-0.2, -0.15) is 5.26 Å². The van der Waals surface area contributed by atoms with E-state index in [0.717, 1.165) is 0 Å². The van der Waals surface area contributed by atoms with Gasteiger partial charge in [-0.1, -0.05) is 29.3 Å². The third-order valence-corrected chi connectivity index (χ3v) is 3.86. The second-order valence-corrected chi connectivity index (χ2v) is 5.03. The molecule has 90 valence electrons. The van der Waals surface area contributed by atoms with E-state index in [4.69, 9.17) is 28.5 Å². The predicted molar refractivity (Wildman–Crippen MR) is 73.4 cm³/mol. The molecule has 0 spiro atoms. The number of hydrogen-bond acceptors (Lipinski definition) is 3. The number of halogens is 2. The van der Waals surface area contributed by atoms with Gasteiger partial charge in [0.1, 0.15) is 11.1 Å². The number of nitriles is 1. The van der Waals surface area contributed by atoms with E-state index in [0.29, 0.717) is 15.6 Å². The SMILES string of the molecule is N#Cc1ccsc1NC(=O)c1cccc(Cl)c1Cl. The third-order valence-electron chi connectivity index (χ3n) is 2.21. The Kier molecular flexibility index (Phi) is 3.87. The first kappa shape index (κ1) is 12.9. The van der Waals surface area contributed by atoms with Crippen LogP contribution in [0.4, 0.5) is 5.00 Å². The Bertz CT molecular complexity index is 646. The molecule has 1 aromatic heterocycles. The number of carbonyl (C=O) groups is 1. The molecule has 0 atom stereocenters. The molecule has 0 bridgehead atoms. The smallest absolute Gasteiger partial charge is 0.257 e. The van der Waals surface area contributed by atoms with E-state index < -0.39 is 0 Å². The highest BCUT2D eigenvalue weighted by Gasteiger charge is 2.14. The van der Waals surface area contributed by atoms with E-state index in [1.165, 1.54) is 11.3 Å². The summed E-state index contributed by atoms with van der Waals surface area (Å²) >= 11 is 13.1. The van der Waals surface area contributed by atoms with Crippen LogP contribution in [0.25, 0.3) is 0 Å². The number of benzene rings is 1. The number of rotatable bonds is 2. The molecule has 2 aromatic rings. The molecule has 0 radical (unpaired) electrons. The number of amides is 1. The number of nitrogens with one attached hydrogen (secondary N) is 1. The molecule has 3 nitrogen and oxygen atoms in total. The van der Waals surface area contributed by atoms with Crippen molar-refractivity contribution in [2.75, 3.05) is 5.32 Å². The molecule has 18 heavy (non-hydrogen) atoms. The van der Waals surface area contributed by atoms with Crippen LogP contribution in [0.15, 0.2) is 29.6 Å². The van der Waals surface area contributed by atoms with Crippen LogP contribution in [0.1, 0.15) is 15.9 Å². The van der Waals surface area contributed by atoms with Gasteiger partial charge in [0, 0.05) is 0 Å². The van der Waals surface area contributed by atoms with Crippen molar-refractivity contribution in [3.8, 4) is 6.07 Å². The highest BCUT2D eigenvalue weighted by molar-refractivity contribution is 7.14. The molecule has 2 rings (SSSR count). The van der Waals surface area contributed by atoms with Gasteiger partial charge in [0.15, 0.2) is 0 Å². The summed E-state index contributed by atoms with van der Waals surface area (Å²) in [5.41, 5.74) is 0.702. The fourth-order valence-corrected chi connectivity index (χ4v) is 2.46. The lowest BCUT2D eigenvalue weighted by atomic mass is 10.2. The molecule has 1 N–H and O–H groups in total. The van der Waals surface area contributed by atoms with Crippen LogP contribution in [0.2, 0.25) is 10.0 Å². The lowest BCUT2D eigenvalue weighted by Crippen LogP contribution is -2.12. The first-order chi connectivity index (χ1) is 8.63. The van der Waals surface area contributed by atoms with Gasteiger partial charge in [0.2, 0.25) is 0 Å². The largest absolute Gasteiger partial charge is 0.312 e. The molecule has 0 aliphatic heterocycles. The fourth-order valence-electron chi connectivity index (χ4n) is 1.34. The molecule has 0 unspecified atom stereocenters. The Morgan fingerprint density at radius 3 is 2.83 bits per heavy atom. The second-order valence-electron chi connectivity index (χ2n) is 3.33. The molecular weight excluding hydrogens is 291 g/mol. The van der Waals surface area contributed by atoms with Crippen molar-refractivity contribution in [1.29, 1.82) is 5.26 Å². The number of hydrogen-bond donors (Lipinski definition) is 1. The highest BCUT2D eigenvalue weighted by atomic mass is 35.5. The van der Waals surface area contributed by atoms with Gasteiger partial charge < -0.3 is 5.32 Å². The molecular formula is C12H6Cl2N2OS. The maximum Gasteiger partial charge on any atom is 0.257 e. The van der Waals surface area contributed by atoms with Crippen molar-refractivity contribution in [3.05, 3.63) is 50.8 Å². The Balaban J connectivity index is 2.29. The van der Waals surface area contributed by atoms with Crippen LogP contribution in [0, 0.1) is 11.3 Å². The van der Waals surface area contributed by atoms with Gasteiger partial charge in [-0.3, -0.25) is 4.79 Å². The van der Waals surface area contributed by atoms with Crippen LogP contribution >= 0.6 is 34.5 Å². The van der Waals surface area contributed by atoms with E-state index >= 15 is 0 Å². The van der Waals surface area contributed by atoms with Crippen LogP contribution in [0.3, 0.4) is 0 Å². The van der Waals surface area contributed by atoms with Gasteiger partial charge in [-0.25, -0.2) is 0 Å². The van der Waals surface area contributed by atoms with Crippen LogP contribution in [0.5, 0.6) is 0 Å². The Labute approximate surface area is 118 Å². The summed E-state index contributed by atoms with van der Waals surface area (Å²) in [5.74, 6) is -0.388. The van der Waals surface area contributed by atoms with Gasteiger partial charge in [0.05, 0.1) is 21.2 Å². The minimum atomic E-state index is -0.388. The van der Waals surface area contributed by atoms with Gasteiger partial charge in [0.25, 0.3) is 5.91 Å². The predicted octanol–water partition coefficient (Wildman–Crippen LogP) is 4.18. The summed E-state index contributed by atoms with van der Waals surface area (Å²) in [4.78, 5) is 12.0. The van der Waals surface area contributed by atoms with E-state index in [1.807, 2.05) is 6.07 Å². The normalized spacial score (nSPS) is 9.83. The van der Waals surface area contributed by atoms with Crippen LogP contribution in [-0.4, -0.2) is 5.91 Å². The van der Waals surface area contributed by atoms with Crippen molar-refractivity contribution in [3.63, 3.8) is 0 Å². The average molecular weight is 297 g/mol. The molecule has 0 aliphatic carbocycles. The molecule has 1 amide bonds. The first-order valence-corrected chi connectivity index (χ1v) is 6.50. The number of carbonyl (C=O) groups excluding carboxylic acids is 1. The first-order valence-electron chi connectivity index (χ1n) is 4.86. The van der Waals surface area contributed by atoms with Gasteiger partial charge >= 0.3 is 0 Å². The Morgan fingerprint density at radius 1 is 1.33 bits per heavy atom. The molecule has 6 heteroatoms. The molecule has 1 heterocycles. The van der Waals surface area contributed by atoms with Gasteiger partial charge in [-0.05, 0) is 23.6 Å². The van der Waals surface area contributed by atoms with Crippen molar-refractivity contribution >= 4 is 45.4 Å². The van der Waals surface area contributed by atoms with E-state index in [1.54, 1.807) is 29.6 Å². The molecule has 1 aromatic carbocycles. The van der Waals surface area contributed by atoms with Crippen molar-refractivity contribution in [2.45, 2.75) is 0 Å². The maximum absolute atomic E-state index is 12.0. The number of anilines is 1. The quantitative estimate of drug-likeness (QED) is 0.904. The van der Waals surface area contributed by atoms with Crippen LogP contribution in [-0.2, 0) is 0 Å². The lowest BCUT2D eigenvalue weighted by Gasteiger charge is -2.06. The van der Waals surface area contributed by atoms with Crippen LogP contribution < -0.4 is 5.32 Å². The summed E-state index contributed by atoms with van der Waals surface area (Å²) in [6.07, 6.45) is 0. The van der Waals surface area contributed by atoms with E-state index in [2.05, 4.69) is 5.32 Å². The molecule has 0 aliphatic rings. The van der Waals surface area contributed by atoms with E-state index in [-0.39, 0.29) is 16.5 Å². The topological polar surface area (TPSA) is 52.9 Å². The van der Waals surface area contributed by atoms with Crippen molar-refractivity contribution in [1.82, 2.24) is 0 Å². The Morgan fingerprint density at radius 2 is 2.11 bits per heavy atom. The fraction of sp³-hybridized carbons (Fsp3) is 0. The van der Waals surface area contributed by atoms with Crippen molar-refractivity contribution in [2.24, 2.45) is 0 Å². The average Bonchev–Trinajstić information content (AvgIpc) is 2.79. The Hall–Kier alpha value is -1.54. The molecule has 0 fully saturated rings. The summed E-state index contributed by atoms with van der Waals surface area (Å²) in [7, 11) is 0. The summed E-state index contributed by atoms with van der Waals surface area (Å²) < 4.78 is 0. The maximum atomic E-state index is 12.0. The molecule has 0 saturated carbocycles. The zero-order chi connectivity index (χ0) is 13.1. The highest BCUT2D eigenvalue weighted by Crippen LogP contribution is 2.28. The zero-order valence-electron chi connectivity index (χ0n) is 8.91. The molecule has 0 saturated heterocycles. The number of nitrogens with zero attached hydrogens (tertiary/aromatic N) is 1. The number of thiophene rings is 1. The van der Waals surface area contributed by atoms with Crippen molar-refractivity contribution < 1.29 is 4.79 Å². The summed E-state index contributed by atoms with van der Waals surface area (Å²) in [6, 6.07) is 8.45.